The Hall–Kier alpha value is -1.43. The Morgan fingerprint density at radius 1 is 0.952 bits per heavy atom. The van der Waals surface area contributed by atoms with Gasteiger partial charge < -0.3 is 21.2 Å². The molecule has 0 rings (SSSR count). The summed E-state index contributed by atoms with van der Waals surface area (Å²) in [6.07, 6.45) is 1.85. The summed E-state index contributed by atoms with van der Waals surface area (Å²) in [6.45, 7) is 9.47. The first-order valence-corrected chi connectivity index (χ1v) is 7.49. The monoisotopic (exact) mass is 299 g/mol. The van der Waals surface area contributed by atoms with Gasteiger partial charge in [-0.1, -0.05) is 27.7 Å². The molecule has 0 unspecified atom stereocenters. The van der Waals surface area contributed by atoms with E-state index in [1.807, 2.05) is 27.7 Å². The molecule has 4 N–H and O–H groups in total. The van der Waals surface area contributed by atoms with Gasteiger partial charge in [0.1, 0.15) is 12.3 Å². The molecule has 0 saturated heterocycles. The number of amides is 2. The van der Waals surface area contributed by atoms with Gasteiger partial charge in [-0.3, -0.25) is 9.59 Å². The lowest BCUT2D eigenvalue weighted by molar-refractivity contribution is -0.130. The lowest BCUT2D eigenvalue weighted by Gasteiger charge is -2.21. The Balaban J connectivity index is 4.37. The van der Waals surface area contributed by atoms with Gasteiger partial charge in [-0.15, -0.1) is 0 Å². The second-order valence-electron chi connectivity index (χ2n) is 6.35. The van der Waals surface area contributed by atoms with Gasteiger partial charge in [0.2, 0.25) is 11.8 Å². The minimum Gasteiger partial charge on any atom is -0.345 e. The van der Waals surface area contributed by atoms with Crippen LogP contribution < -0.4 is 16.4 Å². The number of aldehydes is 1. The van der Waals surface area contributed by atoms with Gasteiger partial charge in [0.15, 0.2) is 0 Å². The second-order valence-corrected chi connectivity index (χ2v) is 6.35. The molecule has 6 heteroatoms. The van der Waals surface area contributed by atoms with Crippen LogP contribution in [0.4, 0.5) is 0 Å². The quantitative estimate of drug-likeness (QED) is 0.542. The van der Waals surface area contributed by atoms with Crippen LogP contribution in [0, 0.1) is 11.8 Å². The molecule has 0 aliphatic heterocycles. The SMILES string of the molecule is CC(C)C[C@@H](C=O)NC(=O)[C@H](C)NC(=O)[C@@H](N)CC(C)C. The summed E-state index contributed by atoms with van der Waals surface area (Å²) in [7, 11) is 0. The van der Waals surface area contributed by atoms with E-state index in [1.165, 1.54) is 0 Å². The number of nitrogens with one attached hydrogen (secondary N) is 2. The molecule has 0 aromatic carbocycles. The third-order valence-electron chi connectivity index (χ3n) is 3.03. The maximum atomic E-state index is 11.9. The first-order chi connectivity index (χ1) is 9.67. The lowest BCUT2D eigenvalue weighted by atomic mass is 10.0. The minimum absolute atomic E-state index is 0.296. The van der Waals surface area contributed by atoms with Gasteiger partial charge in [-0.2, -0.15) is 0 Å². The van der Waals surface area contributed by atoms with E-state index >= 15 is 0 Å². The van der Waals surface area contributed by atoms with Crippen LogP contribution in [0.15, 0.2) is 0 Å². The van der Waals surface area contributed by atoms with Crippen molar-refractivity contribution in [1.82, 2.24) is 10.6 Å². The fourth-order valence-corrected chi connectivity index (χ4v) is 1.96. The highest BCUT2D eigenvalue weighted by atomic mass is 16.2. The smallest absolute Gasteiger partial charge is 0.242 e. The van der Waals surface area contributed by atoms with Crippen molar-refractivity contribution in [1.29, 1.82) is 0 Å². The van der Waals surface area contributed by atoms with Crippen molar-refractivity contribution in [3.63, 3.8) is 0 Å². The fraction of sp³-hybridized carbons (Fsp3) is 0.800. The third kappa shape index (κ3) is 8.45. The Labute approximate surface area is 127 Å². The molecule has 0 aliphatic carbocycles. The fourth-order valence-electron chi connectivity index (χ4n) is 1.96. The predicted molar refractivity (Wildman–Crippen MR) is 82.5 cm³/mol. The van der Waals surface area contributed by atoms with Crippen LogP contribution in [0.1, 0.15) is 47.5 Å². The van der Waals surface area contributed by atoms with Crippen molar-refractivity contribution in [3.05, 3.63) is 0 Å². The molecule has 0 fully saturated rings. The highest BCUT2D eigenvalue weighted by Crippen LogP contribution is 2.04. The van der Waals surface area contributed by atoms with E-state index in [0.29, 0.717) is 24.7 Å². The van der Waals surface area contributed by atoms with E-state index in [-0.39, 0.29) is 11.8 Å². The minimum atomic E-state index is -0.717. The molecular formula is C15H29N3O3. The van der Waals surface area contributed by atoms with Crippen molar-refractivity contribution in [3.8, 4) is 0 Å². The normalized spacial score (nSPS) is 15.4. The van der Waals surface area contributed by atoms with Gasteiger partial charge in [0.05, 0.1) is 12.1 Å². The number of carbonyl (C=O) groups excluding carboxylic acids is 3. The summed E-state index contributed by atoms with van der Waals surface area (Å²) in [4.78, 5) is 34.7. The van der Waals surface area contributed by atoms with Gasteiger partial charge >= 0.3 is 0 Å². The third-order valence-corrected chi connectivity index (χ3v) is 3.03. The summed E-state index contributed by atoms with van der Waals surface area (Å²) in [6, 6.07) is -1.87. The van der Waals surface area contributed by atoms with Crippen molar-refractivity contribution >= 4 is 18.1 Å². The summed E-state index contributed by atoms with van der Waals surface area (Å²) < 4.78 is 0. The van der Waals surface area contributed by atoms with Crippen LogP contribution >= 0.6 is 0 Å². The number of hydrogen-bond donors (Lipinski definition) is 3. The first kappa shape index (κ1) is 19.6. The van der Waals surface area contributed by atoms with E-state index in [9.17, 15) is 14.4 Å². The van der Waals surface area contributed by atoms with Crippen molar-refractivity contribution in [2.75, 3.05) is 0 Å². The van der Waals surface area contributed by atoms with Gasteiger partial charge in [-0.25, -0.2) is 0 Å². The second kappa shape index (κ2) is 9.50. The summed E-state index contributed by atoms with van der Waals surface area (Å²) in [5, 5.41) is 5.20. The van der Waals surface area contributed by atoms with Crippen LogP contribution in [0.2, 0.25) is 0 Å². The highest BCUT2D eigenvalue weighted by Gasteiger charge is 2.22. The van der Waals surface area contributed by atoms with E-state index < -0.39 is 18.1 Å². The Kier molecular flexibility index (Phi) is 8.85. The van der Waals surface area contributed by atoms with Gasteiger partial charge in [0, 0.05) is 0 Å². The molecule has 122 valence electrons. The molecular weight excluding hydrogens is 270 g/mol. The number of rotatable bonds is 9. The van der Waals surface area contributed by atoms with Crippen LogP contribution in [0.5, 0.6) is 0 Å². The first-order valence-electron chi connectivity index (χ1n) is 7.49. The van der Waals surface area contributed by atoms with E-state index in [2.05, 4.69) is 10.6 Å². The van der Waals surface area contributed by atoms with Crippen molar-refractivity contribution in [2.45, 2.75) is 65.6 Å². The molecule has 0 heterocycles. The standard InChI is InChI=1S/C15H29N3O3/c1-9(2)6-12(8-19)18-14(20)11(5)17-15(21)13(16)7-10(3)4/h8-13H,6-7,16H2,1-5H3,(H,17,21)(H,18,20)/t11-,12-,13-/m0/s1. The van der Waals surface area contributed by atoms with Crippen LogP contribution in [-0.2, 0) is 14.4 Å². The predicted octanol–water partition coefficient (Wildman–Crippen LogP) is 0.594. The Morgan fingerprint density at radius 3 is 1.90 bits per heavy atom. The maximum Gasteiger partial charge on any atom is 0.242 e. The van der Waals surface area contributed by atoms with E-state index in [1.54, 1.807) is 6.92 Å². The van der Waals surface area contributed by atoms with Crippen molar-refractivity contribution in [2.24, 2.45) is 17.6 Å². The summed E-state index contributed by atoms with van der Waals surface area (Å²) >= 11 is 0. The molecule has 0 aliphatic rings. The van der Waals surface area contributed by atoms with Gasteiger partial charge in [0.25, 0.3) is 0 Å². The van der Waals surface area contributed by atoms with Gasteiger partial charge in [-0.05, 0) is 31.6 Å². The maximum absolute atomic E-state index is 11.9. The number of nitrogens with two attached hydrogens (primary N) is 1. The van der Waals surface area contributed by atoms with Crippen LogP contribution in [0.3, 0.4) is 0 Å². The molecule has 2 amide bonds. The van der Waals surface area contributed by atoms with Crippen molar-refractivity contribution < 1.29 is 14.4 Å². The highest BCUT2D eigenvalue weighted by molar-refractivity contribution is 5.90. The molecule has 0 saturated carbocycles. The zero-order chi connectivity index (χ0) is 16.6. The molecule has 0 spiro atoms. The average Bonchev–Trinajstić information content (AvgIpc) is 2.36. The average molecular weight is 299 g/mol. The lowest BCUT2D eigenvalue weighted by Crippen LogP contribution is -2.52. The Morgan fingerprint density at radius 2 is 1.48 bits per heavy atom. The molecule has 3 atom stereocenters. The van der Waals surface area contributed by atoms with E-state index in [4.69, 9.17) is 5.73 Å². The number of hydrogen-bond acceptors (Lipinski definition) is 4. The van der Waals surface area contributed by atoms with Crippen LogP contribution in [0.25, 0.3) is 0 Å². The molecule has 0 bridgehead atoms. The zero-order valence-electron chi connectivity index (χ0n) is 13.7. The number of carbonyl (C=O) groups is 3. The largest absolute Gasteiger partial charge is 0.345 e. The molecule has 0 aromatic heterocycles. The summed E-state index contributed by atoms with van der Waals surface area (Å²) in [5.74, 6) is -0.124. The molecule has 0 aromatic rings. The summed E-state index contributed by atoms with van der Waals surface area (Å²) in [5.41, 5.74) is 5.76. The Bertz CT molecular complexity index is 356. The van der Waals surface area contributed by atoms with E-state index in [0.717, 1.165) is 6.29 Å². The molecule has 6 nitrogen and oxygen atoms in total. The topological polar surface area (TPSA) is 101 Å². The van der Waals surface area contributed by atoms with Crippen LogP contribution in [-0.4, -0.2) is 36.2 Å². The molecule has 21 heavy (non-hydrogen) atoms. The zero-order valence-corrected chi connectivity index (χ0v) is 13.7. The molecule has 0 radical (unpaired) electrons.